The quantitative estimate of drug-likeness (QED) is 0.747. The van der Waals surface area contributed by atoms with Crippen LogP contribution >= 0.6 is 11.3 Å². The lowest BCUT2D eigenvalue weighted by molar-refractivity contribution is 0.0498. The van der Waals surface area contributed by atoms with E-state index in [4.69, 9.17) is 0 Å². The molecule has 0 aliphatic carbocycles. The Morgan fingerprint density at radius 1 is 1.18 bits per heavy atom. The first-order valence-electron chi connectivity index (χ1n) is 7.10. The normalized spacial score (nSPS) is 14.8. The Morgan fingerprint density at radius 2 is 2.00 bits per heavy atom. The number of hydrogen-bond donors (Lipinski definition) is 0. The van der Waals surface area contributed by atoms with Crippen LogP contribution in [0.15, 0.2) is 54.2 Å². The van der Waals surface area contributed by atoms with Crippen LogP contribution in [0.25, 0.3) is 10.4 Å². The maximum atomic E-state index is 12.4. The van der Waals surface area contributed by atoms with Gasteiger partial charge in [0.2, 0.25) is 0 Å². The molecule has 3 heterocycles. The van der Waals surface area contributed by atoms with Crippen molar-refractivity contribution in [3.05, 3.63) is 59.7 Å². The maximum Gasteiger partial charge on any atom is 0.253 e. The Hall–Kier alpha value is -2.47. The van der Waals surface area contributed by atoms with Crippen molar-refractivity contribution in [1.82, 2.24) is 19.9 Å². The summed E-state index contributed by atoms with van der Waals surface area (Å²) in [6.45, 7) is 1.38. The van der Waals surface area contributed by atoms with Crippen LogP contribution in [0.1, 0.15) is 16.4 Å². The Labute approximate surface area is 131 Å². The molecule has 1 amide bonds. The number of carbonyl (C=O) groups excluding carboxylic acids is 1. The first-order valence-corrected chi connectivity index (χ1v) is 7.98. The first kappa shape index (κ1) is 13.2. The van der Waals surface area contributed by atoms with E-state index in [1.54, 1.807) is 17.5 Å². The Morgan fingerprint density at radius 3 is 2.64 bits per heavy atom. The molecule has 110 valence electrons. The van der Waals surface area contributed by atoms with Gasteiger partial charge in [-0.15, -0.1) is 16.4 Å². The van der Waals surface area contributed by atoms with Crippen molar-refractivity contribution < 1.29 is 4.79 Å². The van der Waals surface area contributed by atoms with E-state index >= 15 is 0 Å². The molecule has 0 saturated carbocycles. The van der Waals surface area contributed by atoms with Crippen molar-refractivity contribution in [2.24, 2.45) is 0 Å². The maximum absolute atomic E-state index is 12.4. The fraction of sp³-hybridized carbons (Fsp3) is 0.188. The van der Waals surface area contributed by atoms with Gasteiger partial charge in [0, 0.05) is 29.7 Å². The van der Waals surface area contributed by atoms with Crippen LogP contribution in [0.5, 0.6) is 0 Å². The number of amides is 1. The summed E-state index contributed by atoms with van der Waals surface area (Å²) in [5, 5.41) is 9.83. The zero-order valence-electron chi connectivity index (χ0n) is 11.8. The van der Waals surface area contributed by atoms with Crippen molar-refractivity contribution in [2.75, 3.05) is 13.1 Å². The second-order valence-corrected chi connectivity index (χ2v) is 6.25. The van der Waals surface area contributed by atoms with Gasteiger partial charge >= 0.3 is 0 Å². The molecular formula is C16H14N4OS. The molecule has 0 bridgehead atoms. The summed E-state index contributed by atoms with van der Waals surface area (Å²) in [4.78, 5) is 15.5. The van der Waals surface area contributed by atoms with E-state index in [0.717, 1.165) is 11.1 Å². The summed E-state index contributed by atoms with van der Waals surface area (Å²) in [5.74, 6) is 0.0779. The van der Waals surface area contributed by atoms with Crippen LogP contribution in [0.4, 0.5) is 0 Å². The molecule has 4 rings (SSSR count). The van der Waals surface area contributed by atoms with Gasteiger partial charge in [0.25, 0.3) is 5.91 Å². The molecule has 1 aliphatic rings. The highest BCUT2D eigenvalue weighted by Gasteiger charge is 2.32. The molecule has 2 aromatic heterocycles. The summed E-state index contributed by atoms with van der Waals surface area (Å²) in [5.41, 5.74) is 1.88. The Balaban J connectivity index is 1.43. The zero-order valence-corrected chi connectivity index (χ0v) is 12.6. The number of aromatic nitrogens is 3. The largest absolute Gasteiger partial charge is 0.334 e. The third-order valence-corrected chi connectivity index (χ3v) is 4.82. The summed E-state index contributed by atoms with van der Waals surface area (Å²) in [6, 6.07) is 12.2. The highest BCUT2D eigenvalue weighted by atomic mass is 32.1. The van der Waals surface area contributed by atoms with Gasteiger partial charge in [0.15, 0.2) is 0 Å². The lowest BCUT2D eigenvalue weighted by atomic mass is 10.1. The molecule has 0 atom stereocenters. The van der Waals surface area contributed by atoms with Gasteiger partial charge in [0.1, 0.15) is 0 Å². The van der Waals surface area contributed by atoms with Crippen LogP contribution in [0.3, 0.4) is 0 Å². The molecule has 1 saturated heterocycles. The van der Waals surface area contributed by atoms with Gasteiger partial charge in [-0.05, 0) is 29.1 Å². The van der Waals surface area contributed by atoms with E-state index in [2.05, 4.69) is 21.8 Å². The third-order valence-electron chi connectivity index (χ3n) is 3.90. The average Bonchev–Trinajstić information content (AvgIpc) is 3.19. The monoisotopic (exact) mass is 310 g/mol. The molecular weight excluding hydrogens is 296 g/mol. The highest BCUT2D eigenvalue weighted by Crippen LogP contribution is 2.26. The summed E-state index contributed by atoms with van der Waals surface area (Å²) in [7, 11) is 0. The number of likely N-dealkylation sites (tertiary alicyclic amines) is 1. The minimum absolute atomic E-state index is 0.0779. The van der Waals surface area contributed by atoms with Crippen molar-refractivity contribution >= 4 is 17.2 Å². The molecule has 1 fully saturated rings. The topological polar surface area (TPSA) is 51.0 Å². The van der Waals surface area contributed by atoms with Crippen molar-refractivity contribution in [2.45, 2.75) is 6.04 Å². The van der Waals surface area contributed by atoms with E-state index in [0.29, 0.717) is 13.1 Å². The smallest absolute Gasteiger partial charge is 0.253 e. The molecule has 22 heavy (non-hydrogen) atoms. The number of carbonyl (C=O) groups is 1. The molecule has 0 unspecified atom stereocenters. The van der Waals surface area contributed by atoms with Crippen molar-refractivity contribution in [1.29, 1.82) is 0 Å². The predicted octanol–water partition coefficient (Wildman–Crippen LogP) is 2.70. The van der Waals surface area contributed by atoms with E-state index in [-0.39, 0.29) is 11.9 Å². The van der Waals surface area contributed by atoms with Crippen molar-refractivity contribution in [3.63, 3.8) is 0 Å². The first-order chi connectivity index (χ1) is 10.8. The molecule has 0 spiro atoms. The van der Waals surface area contributed by atoms with Gasteiger partial charge in [-0.1, -0.05) is 23.4 Å². The van der Waals surface area contributed by atoms with Gasteiger partial charge in [-0.2, -0.15) is 0 Å². The van der Waals surface area contributed by atoms with Crippen LogP contribution in [0, 0.1) is 0 Å². The van der Waals surface area contributed by atoms with Gasteiger partial charge in [0.05, 0.1) is 12.2 Å². The molecule has 6 heteroatoms. The lowest BCUT2D eigenvalue weighted by Crippen LogP contribution is -2.50. The van der Waals surface area contributed by atoms with Gasteiger partial charge in [-0.3, -0.25) is 4.79 Å². The van der Waals surface area contributed by atoms with Crippen LogP contribution in [-0.2, 0) is 0 Å². The van der Waals surface area contributed by atoms with Crippen molar-refractivity contribution in [3.8, 4) is 10.4 Å². The van der Waals surface area contributed by atoms with Crippen LogP contribution < -0.4 is 0 Å². The number of hydrogen-bond acceptors (Lipinski definition) is 4. The predicted molar refractivity (Wildman–Crippen MR) is 84.7 cm³/mol. The molecule has 3 aromatic rings. The van der Waals surface area contributed by atoms with E-state index in [9.17, 15) is 4.79 Å². The lowest BCUT2D eigenvalue weighted by Gasteiger charge is -2.38. The number of nitrogens with zero attached hydrogens (tertiary/aromatic N) is 4. The van der Waals surface area contributed by atoms with Gasteiger partial charge < -0.3 is 4.90 Å². The van der Waals surface area contributed by atoms with Crippen LogP contribution in [0.2, 0.25) is 0 Å². The van der Waals surface area contributed by atoms with E-state index in [1.165, 1.54) is 4.88 Å². The van der Waals surface area contributed by atoms with E-state index < -0.39 is 0 Å². The Kier molecular flexibility index (Phi) is 3.23. The molecule has 1 aliphatic heterocycles. The van der Waals surface area contributed by atoms with Gasteiger partial charge in [-0.25, -0.2) is 4.68 Å². The SMILES string of the molecule is O=C(c1ccc(-c2cccs2)cc1)N1CC(n2ccnn2)C1. The summed E-state index contributed by atoms with van der Waals surface area (Å²) >= 11 is 1.70. The fourth-order valence-corrected chi connectivity index (χ4v) is 3.34. The fourth-order valence-electron chi connectivity index (χ4n) is 2.60. The Bertz CT molecular complexity index is 759. The second kappa shape index (κ2) is 5.38. The number of thiophene rings is 1. The summed E-state index contributed by atoms with van der Waals surface area (Å²) < 4.78 is 1.81. The standard InChI is InChI=1S/C16H14N4OS/c21-16(19-10-14(11-19)20-8-7-17-18-20)13-5-3-12(4-6-13)15-2-1-9-22-15/h1-9,14H,10-11H2. The summed E-state index contributed by atoms with van der Waals surface area (Å²) in [6.07, 6.45) is 3.50. The minimum atomic E-state index is 0.0779. The number of rotatable bonds is 3. The second-order valence-electron chi connectivity index (χ2n) is 5.30. The minimum Gasteiger partial charge on any atom is -0.334 e. The third kappa shape index (κ3) is 2.31. The molecule has 1 aromatic carbocycles. The average molecular weight is 310 g/mol. The van der Waals surface area contributed by atoms with Crippen LogP contribution in [-0.4, -0.2) is 38.9 Å². The number of benzene rings is 1. The highest BCUT2D eigenvalue weighted by molar-refractivity contribution is 7.13. The molecule has 0 radical (unpaired) electrons. The molecule has 0 N–H and O–H groups in total. The molecule has 5 nitrogen and oxygen atoms in total. The zero-order chi connectivity index (χ0) is 14.9. The van der Waals surface area contributed by atoms with E-state index in [1.807, 2.05) is 46.1 Å².